The van der Waals surface area contributed by atoms with Gasteiger partial charge in [0.1, 0.15) is 5.00 Å². The molecule has 0 bridgehead atoms. The molecule has 1 unspecified atom stereocenters. The van der Waals surface area contributed by atoms with Crippen LogP contribution in [0.5, 0.6) is 0 Å². The molecule has 2 rings (SSSR count). The molecule has 0 aromatic carbocycles. The highest BCUT2D eigenvalue weighted by molar-refractivity contribution is 7.16. The van der Waals surface area contributed by atoms with E-state index in [0.29, 0.717) is 23.7 Å². The average molecular weight is 310 g/mol. The second kappa shape index (κ2) is 7.04. The molecule has 1 aromatic heterocycles. The first-order valence-electron chi connectivity index (χ1n) is 7.33. The standard InChI is InChI=1S/C15H22N2O3S/c1-4-20-15(19)12-9(2)10(3)21-14(12)17-13(18)11-6-5-7-16-8-11/h11,16H,4-8H2,1-3H3,(H,17,18). The zero-order valence-electron chi connectivity index (χ0n) is 12.7. The maximum Gasteiger partial charge on any atom is 0.341 e. The second-order valence-electron chi connectivity index (χ2n) is 5.24. The molecule has 2 N–H and O–H groups in total. The molecule has 1 fully saturated rings. The number of aryl methyl sites for hydroxylation is 1. The normalized spacial score (nSPS) is 18.3. The van der Waals surface area contributed by atoms with Crippen LogP contribution < -0.4 is 10.6 Å². The first-order valence-corrected chi connectivity index (χ1v) is 8.15. The van der Waals surface area contributed by atoms with Crippen LogP contribution >= 0.6 is 11.3 Å². The SMILES string of the molecule is CCOC(=O)c1c(NC(=O)C2CCCNC2)sc(C)c1C. The van der Waals surface area contributed by atoms with E-state index in [1.165, 1.54) is 11.3 Å². The Morgan fingerprint density at radius 3 is 2.81 bits per heavy atom. The molecule has 0 aliphatic carbocycles. The number of carbonyl (C=O) groups is 2. The molecular formula is C15H22N2O3S. The van der Waals surface area contributed by atoms with Crippen LogP contribution in [0.3, 0.4) is 0 Å². The van der Waals surface area contributed by atoms with E-state index in [2.05, 4.69) is 10.6 Å². The van der Waals surface area contributed by atoms with E-state index < -0.39 is 0 Å². The molecule has 0 spiro atoms. The van der Waals surface area contributed by atoms with Gasteiger partial charge in [0, 0.05) is 11.4 Å². The lowest BCUT2D eigenvalue weighted by Crippen LogP contribution is -2.37. The third-order valence-electron chi connectivity index (χ3n) is 3.77. The minimum absolute atomic E-state index is 0.0194. The number of anilines is 1. The van der Waals surface area contributed by atoms with Gasteiger partial charge in [0.15, 0.2) is 0 Å². The molecule has 0 saturated carbocycles. The summed E-state index contributed by atoms with van der Waals surface area (Å²) < 4.78 is 5.09. The summed E-state index contributed by atoms with van der Waals surface area (Å²) in [5, 5.41) is 6.76. The maximum absolute atomic E-state index is 12.3. The van der Waals surface area contributed by atoms with Crippen molar-refractivity contribution in [2.75, 3.05) is 25.0 Å². The van der Waals surface area contributed by atoms with E-state index in [4.69, 9.17) is 4.74 Å². The highest BCUT2D eigenvalue weighted by atomic mass is 32.1. The van der Waals surface area contributed by atoms with Crippen molar-refractivity contribution in [3.63, 3.8) is 0 Å². The van der Waals surface area contributed by atoms with Crippen LogP contribution in [0.25, 0.3) is 0 Å². The third kappa shape index (κ3) is 3.63. The number of carbonyl (C=O) groups excluding carboxylic acids is 2. The molecule has 0 radical (unpaired) electrons. The van der Waals surface area contributed by atoms with E-state index in [0.717, 1.165) is 29.8 Å². The lowest BCUT2D eigenvalue weighted by molar-refractivity contribution is -0.120. The van der Waals surface area contributed by atoms with Gasteiger partial charge < -0.3 is 15.4 Å². The van der Waals surface area contributed by atoms with E-state index in [1.54, 1.807) is 6.92 Å². The third-order valence-corrected chi connectivity index (χ3v) is 4.89. The topological polar surface area (TPSA) is 67.4 Å². The van der Waals surface area contributed by atoms with Gasteiger partial charge in [-0.2, -0.15) is 0 Å². The monoisotopic (exact) mass is 310 g/mol. The Kier molecular flexibility index (Phi) is 5.36. The van der Waals surface area contributed by atoms with Crippen LogP contribution in [0.2, 0.25) is 0 Å². The molecule has 6 heteroatoms. The zero-order valence-corrected chi connectivity index (χ0v) is 13.6. The number of nitrogens with one attached hydrogen (secondary N) is 2. The van der Waals surface area contributed by atoms with Gasteiger partial charge in [0.2, 0.25) is 5.91 Å². The number of hydrogen-bond donors (Lipinski definition) is 2. The minimum atomic E-state index is -0.364. The largest absolute Gasteiger partial charge is 0.462 e. The van der Waals surface area contributed by atoms with Crippen molar-refractivity contribution in [2.24, 2.45) is 5.92 Å². The Hall–Kier alpha value is -1.40. The van der Waals surface area contributed by atoms with E-state index in [-0.39, 0.29) is 17.8 Å². The molecule has 1 aliphatic rings. The number of hydrogen-bond acceptors (Lipinski definition) is 5. The van der Waals surface area contributed by atoms with Gasteiger partial charge in [-0.3, -0.25) is 4.79 Å². The minimum Gasteiger partial charge on any atom is -0.462 e. The molecule has 116 valence electrons. The number of rotatable bonds is 4. The predicted octanol–water partition coefficient (Wildman–Crippen LogP) is 2.48. The first kappa shape index (κ1) is 16.0. The second-order valence-corrected chi connectivity index (χ2v) is 6.47. The summed E-state index contributed by atoms with van der Waals surface area (Å²) in [6.45, 7) is 7.60. The fraction of sp³-hybridized carbons (Fsp3) is 0.600. The molecule has 1 atom stereocenters. The Morgan fingerprint density at radius 2 is 2.19 bits per heavy atom. The van der Waals surface area contributed by atoms with Crippen LogP contribution in [0.4, 0.5) is 5.00 Å². The lowest BCUT2D eigenvalue weighted by atomic mass is 9.99. The van der Waals surface area contributed by atoms with Gasteiger partial charge in [-0.05, 0) is 45.7 Å². The number of esters is 1. The van der Waals surface area contributed by atoms with Crippen LogP contribution in [0.1, 0.15) is 40.6 Å². The van der Waals surface area contributed by atoms with Crippen molar-refractivity contribution in [3.05, 3.63) is 16.0 Å². The fourth-order valence-electron chi connectivity index (χ4n) is 2.45. The van der Waals surface area contributed by atoms with Crippen LogP contribution in [-0.2, 0) is 9.53 Å². The average Bonchev–Trinajstić information content (AvgIpc) is 2.75. The van der Waals surface area contributed by atoms with Gasteiger partial charge in [-0.25, -0.2) is 4.79 Å². The lowest BCUT2D eigenvalue weighted by Gasteiger charge is -2.21. The number of thiophene rings is 1. The fourth-order valence-corrected chi connectivity index (χ4v) is 3.51. The molecular weight excluding hydrogens is 288 g/mol. The van der Waals surface area contributed by atoms with E-state index in [1.807, 2.05) is 13.8 Å². The van der Waals surface area contributed by atoms with Crippen molar-refractivity contribution in [1.29, 1.82) is 0 Å². The number of ether oxygens (including phenoxy) is 1. The summed E-state index contributed by atoms with van der Waals surface area (Å²) >= 11 is 1.43. The summed E-state index contributed by atoms with van der Waals surface area (Å²) in [7, 11) is 0. The molecule has 2 heterocycles. The van der Waals surface area contributed by atoms with E-state index >= 15 is 0 Å². The van der Waals surface area contributed by atoms with Crippen LogP contribution in [-0.4, -0.2) is 31.6 Å². The molecule has 21 heavy (non-hydrogen) atoms. The van der Waals surface area contributed by atoms with Gasteiger partial charge in [-0.15, -0.1) is 11.3 Å². The smallest absolute Gasteiger partial charge is 0.341 e. The number of amides is 1. The van der Waals surface area contributed by atoms with Crippen LogP contribution in [0.15, 0.2) is 0 Å². The van der Waals surface area contributed by atoms with Gasteiger partial charge >= 0.3 is 5.97 Å². The molecule has 1 amide bonds. The Labute approximate surface area is 129 Å². The van der Waals surface area contributed by atoms with Crippen molar-refractivity contribution >= 4 is 28.2 Å². The summed E-state index contributed by atoms with van der Waals surface area (Å²) in [4.78, 5) is 25.4. The Balaban J connectivity index is 2.17. The predicted molar refractivity (Wildman–Crippen MR) is 84.0 cm³/mol. The van der Waals surface area contributed by atoms with Crippen molar-refractivity contribution < 1.29 is 14.3 Å². The first-order chi connectivity index (χ1) is 10.0. The Morgan fingerprint density at radius 1 is 1.43 bits per heavy atom. The Bertz CT molecular complexity index is 533. The van der Waals surface area contributed by atoms with Gasteiger partial charge in [-0.1, -0.05) is 0 Å². The van der Waals surface area contributed by atoms with Crippen LogP contribution in [0, 0.1) is 19.8 Å². The zero-order chi connectivity index (χ0) is 15.4. The number of piperidine rings is 1. The van der Waals surface area contributed by atoms with Crippen molar-refractivity contribution in [1.82, 2.24) is 5.32 Å². The quantitative estimate of drug-likeness (QED) is 0.838. The van der Waals surface area contributed by atoms with Gasteiger partial charge in [0.25, 0.3) is 0 Å². The molecule has 1 saturated heterocycles. The summed E-state index contributed by atoms with van der Waals surface area (Å²) in [6, 6.07) is 0. The molecule has 1 aromatic rings. The summed E-state index contributed by atoms with van der Waals surface area (Å²) in [5.74, 6) is -0.415. The van der Waals surface area contributed by atoms with Crippen molar-refractivity contribution in [2.45, 2.75) is 33.6 Å². The summed E-state index contributed by atoms with van der Waals surface area (Å²) in [5.41, 5.74) is 1.38. The molecule has 1 aliphatic heterocycles. The molecule has 5 nitrogen and oxygen atoms in total. The van der Waals surface area contributed by atoms with Crippen molar-refractivity contribution in [3.8, 4) is 0 Å². The van der Waals surface area contributed by atoms with Gasteiger partial charge in [0.05, 0.1) is 18.1 Å². The van der Waals surface area contributed by atoms with E-state index in [9.17, 15) is 9.59 Å². The summed E-state index contributed by atoms with van der Waals surface area (Å²) in [6.07, 6.45) is 1.89. The highest BCUT2D eigenvalue weighted by Gasteiger charge is 2.26. The highest BCUT2D eigenvalue weighted by Crippen LogP contribution is 2.33. The maximum atomic E-state index is 12.3.